The van der Waals surface area contributed by atoms with Gasteiger partial charge in [0.25, 0.3) is 0 Å². The van der Waals surface area contributed by atoms with Crippen LogP contribution in [0.25, 0.3) is 43.6 Å². The van der Waals surface area contributed by atoms with E-state index < -0.39 is 0 Å². The summed E-state index contributed by atoms with van der Waals surface area (Å²) in [6.45, 7) is 2.87. The maximum absolute atomic E-state index is 4.87. The van der Waals surface area contributed by atoms with Crippen molar-refractivity contribution in [3.8, 4) is 0 Å². The van der Waals surface area contributed by atoms with Gasteiger partial charge in [-0.05, 0) is 29.9 Å². The molecule has 0 spiro atoms. The predicted molar refractivity (Wildman–Crippen MR) is 206 cm³/mol. The van der Waals surface area contributed by atoms with Crippen molar-refractivity contribution in [1.29, 1.82) is 0 Å². The topological polar surface area (TPSA) is 58.4 Å². The third-order valence-corrected chi connectivity index (χ3v) is 9.29. The first-order chi connectivity index (χ1) is 25.7. The van der Waals surface area contributed by atoms with Crippen LogP contribution in [0.1, 0.15) is 22.5 Å². The van der Waals surface area contributed by atoms with Crippen molar-refractivity contribution >= 4 is 43.6 Å². The largest absolute Gasteiger partial charge is 0.406 e. The summed E-state index contributed by atoms with van der Waals surface area (Å²) in [5, 5.41) is 13.4. The minimum atomic E-state index is 0. The van der Waals surface area contributed by atoms with Crippen molar-refractivity contribution in [2.75, 3.05) is 0 Å². The SMILES string of the molecule is [Ir].[c-]1c(Cn2n[c-]c3ccccc32)cccc1Cn1ncc2ccccc21.[c-]1cn(Cc2cccc(Cn3c[c-]c4ccccc43)n2)c2ccccc12. The fourth-order valence-electron chi connectivity index (χ4n) is 6.75. The van der Waals surface area contributed by atoms with Gasteiger partial charge in [-0.25, -0.2) is 0 Å². The number of nitrogens with zero attached hydrogens (tertiary/aromatic N) is 7. The normalized spacial score (nSPS) is 11.2. The molecule has 0 amide bonds. The van der Waals surface area contributed by atoms with Gasteiger partial charge in [-0.3, -0.25) is 14.8 Å². The number of rotatable bonds is 8. The Morgan fingerprint density at radius 3 is 1.66 bits per heavy atom. The summed E-state index contributed by atoms with van der Waals surface area (Å²) in [6, 6.07) is 55.6. The van der Waals surface area contributed by atoms with Crippen LogP contribution in [0, 0.1) is 24.4 Å². The van der Waals surface area contributed by atoms with Crippen molar-refractivity contribution in [2.24, 2.45) is 0 Å². The second kappa shape index (κ2) is 15.3. The van der Waals surface area contributed by atoms with E-state index >= 15 is 0 Å². The van der Waals surface area contributed by atoms with Crippen LogP contribution < -0.4 is 0 Å². The first-order valence-electron chi connectivity index (χ1n) is 17.3. The monoisotopic (exact) mass is 864 g/mol. The molecule has 10 rings (SSSR count). The third kappa shape index (κ3) is 7.33. The molecule has 0 saturated heterocycles. The van der Waals surface area contributed by atoms with Gasteiger partial charge in [-0.2, -0.15) is 70.5 Å². The van der Waals surface area contributed by atoms with Crippen LogP contribution in [0.5, 0.6) is 0 Å². The molecule has 261 valence electrons. The van der Waals surface area contributed by atoms with Crippen molar-refractivity contribution in [3.05, 3.63) is 199 Å². The molecule has 0 aliphatic heterocycles. The number of pyridine rings is 1. The molecule has 5 heterocycles. The molecule has 0 aliphatic rings. The summed E-state index contributed by atoms with van der Waals surface area (Å²) >= 11 is 0. The molecule has 8 heteroatoms. The van der Waals surface area contributed by atoms with Crippen LogP contribution in [0.4, 0.5) is 0 Å². The molecular formula is C45H33IrN7-4. The van der Waals surface area contributed by atoms with E-state index in [0.717, 1.165) is 68.2 Å². The molecule has 53 heavy (non-hydrogen) atoms. The Kier molecular flexibility index (Phi) is 9.80. The molecule has 10 aromatic rings. The Morgan fingerprint density at radius 2 is 1.00 bits per heavy atom. The van der Waals surface area contributed by atoms with Crippen molar-refractivity contribution in [3.63, 3.8) is 0 Å². The molecule has 5 aromatic heterocycles. The maximum atomic E-state index is 4.87. The first-order valence-corrected chi connectivity index (χ1v) is 17.3. The molecule has 5 aromatic carbocycles. The van der Waals surface area contributed by atoms with E-state index in [1.165, 1.54) is 11.0 Å². The number of benzene rings is 5. The standard InChI is InChI=1S/C23H17N3.C22H16N4.Ir/c1-3-10-22-18(6-1)12-14-25(22)16-20-8-5-9-21(24-20)17-26-15-13-19-7-2-4-11-23(19)26;1-3-10-21-19(8-1)13-23-25(21)15-17-6-5-7-18(12-17)16-26-22-11-4-2-9-20(22)14-24-26;/h1-11,14-15H,16-17H2;1-11,13H,15-16H2;/q2*-2;. The summed E-state index contributed by atoms with van der Waals surface area (Å²) in [5.74, 6) is 0. The van der Waals surface area contributed by atoms with E-state index in [1.54, 1.807) is 0 Å². The minimum absolute atomic E-state index is 0. The van der Waals surface area contributed by atoms with E-state index in [1.807, 2.05) is 70.4 Å². The van der Waals surface area contributed by atoms with E-state index in [9.17, 15) is 0 Å². The number of fused-ring (bicyclic) bond motifs is 4. The van der Waals surface area contributed by atoms with Gasteiger partial charge in [0, 0.05) is 38.6 Å². The fourth-order valence-corrected chi connectivity index (χ4v) is 6.75. The van der Waals surface area contributed by atoms with Gasteiger partial charge >= 0.3 is 0 Å². The van der Waals surface area contributed by atoms with Crippen LogP contribution in [0.3, 0.4) is 0 Å². The Balaban J connectivity index is 0.000000148. The smallest absolute Gasteiger partial charge is 0.0685 e. The van der Waals surface area contributed by atoms with Gasteiger partial charge in [-0.1, -0.05) is 84.1 Å². The predicted octanol–water partition coefficient (Wildman–Crippen LogP) is 8.77. The van der Waals surface area contributed by atoms with Crippen LogP contribution in [-0.4, -0.2) is 33.7 Å². The Bertz CT molecular complexity index is 2410. The van der Waals surface area contributed by atoms with Gasteiger partial charge in [-0.15, -0.1) is 34.7 Å². The first kappa shape index (κ1) is 34.0. The molecule has 0 fully saturated rings. The van der Waals surface area contributed by atoms with Crippen molar-refractivity contribution in [2.45, 2.75) is 26.2 Å². The number of para-hydroxylation sites is 4. The molecule has 0 saturated carbocycles. The zero-order valence-corrected chi connectivity index (χ0v) is 31.1. The van der Waals surface area contributed by atoms with E-state index in [4.69, 9.17) is 4.98 Å². The van der Waals surface area contributed by atoms with Gasteiger partial charge < -0.3 is 13.8 Å². The number of aromatic nitrogens is 7. The third-order valence-electron chi connectivity index (χ3n) is 9.29. The van der Waals surface area contributed by atoms with Crippen LogP contribution in [0.2, 0.25) is 0 Å². The minimum Gasteiger partial charge on any atom is -0.406 e. The van der Waals surface area contributed by atoms with Gasteiger partial charge in [0.05, 0.1) is 36.2 Å². The summed E-state index contributed by atoms with van der Waals surface area (Å²) in [7, 11) is 0. The van der Waals surface area contributed by atoms with E-state index in [2.05, 4.69) is 135 Å². The fraction of sp³-hybridized carbons (Fsp3) is 0.0889. The Labute approximate surface area is 321 Å². The summed E-state index contributed by atoms with van der Waals surface area (Å²) < 4.78 is 8.37. The zero-order chi connectivity index (χ0) is 34.7. The van der Waals surface area contributed by atoms with Crippen LogP contribution in [-0.2, 0) is 46.3 Å². The average Bonchev–Trinajstić information content (AvgIpc) is 3.99. The van der Waals surface area contributed by atoms with Gasteiger partial charge in [0.1, 0.15) is 0 Å². The Hall–Kier alpha value is -6.08. The second-order valence-electron chi connectivity index (χ2n) is 12.8. The number of hydrogen-bond acceptors (Lipinski definition) is 3. The summed E-state index contributed by atoms with van der Waals surface area (Å²) in [5.41, 5.74) is 8.91. The van der Waals surface area contributed by atoms with Gasteiger partial charge in [0.15, 0.2) is 0 Å². The molecule has 7 nitrogen and oxygen atoms in total. The van der Waals surface area contributed by atoms with Crippen LogP contribution >= 0.6 is 0 Å². The summed E-state index contributed by atoms with van der Waals surface area (Å²) in [6.07, 6.45) is 8.99. The van der Waals surface area contributed by atoms with Crippen molar-refractivity contribution in [1.82, 2.24) is 33.7 Å². The number of hydrogen-bond donors (Lipinski definition) is 0. The average molecular weight is 864 g/mol. The molecule has 0 atom stereocenters. The van der Waals surface area contributed by atoms with Crippen LogP contribution in [0.15, 0.2) is 152 Å². The Morgan fingerprint density at radius 1 is 0.472 bits per heavy atom. The molecule has 0 aliphatic carbocycles. The van der Waals surface area contributed by atoms with Gasteiger partial charge in [0.2, 0.25) is 0 Å². The van der Waals surface area contributed by atoms with Crippen molar-refractivity contribution < 1.29 is 20.1 Å². The molecule has 0 bridgehead atoms. The molecular weight excluding hydrogens is 831 g/mol. The molecule has 0 N–H and O–H groups in total. The zero-order valence-electron chi connectivity index (χ0n) is 28.7. The van der Waals surface area contributed by atoms with E-state index in [0.29, 0.717) is 13.1 Å². The quantitative estimate of drug-likeness (QED) is 0.144. The summed E-state index contributed by atoms with van der Waals surface area (Å²) in [4.78, 5) is 4.87. The molecule has 1 radical (unpaired) electrons. The molecule has 0 unspecified atom stereocenters. The second-order valence-corrected chi connectivity index (χ2v) is 12.8. The van der Waals surface area contributed by atoms with E-state index in [-0.39, 0.29) is 20.1 Å². The maximum Gasteiger partial charge on any atom is 0.0685 e.